The predicted octanol–water partition coefficient (Wildman–Crippen LogP) is 1.90. The second-order valence-corrected chi connectivity index (χ2v) is 5.87. The molecule has 18 heavy (non-hydrogen) atoms. The van der Waals surface area contributed by atoms with Crippen LogP contribution in [0.1, 0.15) is 38.4 Å². The molecule has 1 aliphatic rings. The third-order valence-corrected chi connectivity index (χ3v) is 4.21. The van der Waals surface area contributed by atoms with Crippen LogP contribution in [0.3, 0.4) is 0 Å². The first kappa shape index (κ1) is 13.4. The highest BCUT2D eigenvalue weighted by Gasteiger charge is 2.22. The summed E-state index contributed by atoms with van der Waals surface area (Å²) in [5, 5.41) is 10.5. The lowest BCUT2D eigenvalue weighted by Crippen LogP contribution is -2.41. The molecule has 0 unspecified atom stereocenters. The number of hydrogen-bond donors (Lipinski definition) is 2. The van der Waals surface area contributed by atoms with Gasteiger partial charge >= 0.3 is 0 Å². The van der Waals surface area contributed by atoms with Crippen molar-refractivity contribution in [3.63, 3.8) is 0 Å². The van der Waals surface area contributed by atoms with Crippen molar-refractivity contribution >= 4 is 17.7 Å². The SMILES string of the molecule is Cc1nc(SCC(=O)N[C@@H]2CCCC[C@H]2C)n[nH]1. The standard InChI is InChI=1S/C12H20N4OS/c1-8-5-3-4-6-10(8)14-11(17)7-18-12-13-9(2)15-16-12/h8,10H,3-7H2,1-2H3,(H,14,17)(H,13,15,16)/t8-,10-/m1/s1. The van der Waals surface area contributed by atoms with E-state index in [-0.39, 0.29) is 5.91 Å². The summed E-state index contributed by atoms with van der Waals surface area (Å²) in [6.45, 7) is 4.07. The normalized spacial score (nSPS) is 23.9. The van der Waals surface area contributed by atoms with Crippen molar-refractivity contribution in [1.29, 1.82) is 0 Å². The maximum atomic E-state index is 11.8. The third kappa shape index (κ3) is 3.73. The lowest BCUT2D eigenvalue weighted by Gasteiger charge is -2.29. The Morgan fingerprint density at radius 1 is 1.50 bits per heavy atom. The van der Waals surface area contributed by atoms with Gasteiger partial charge in [0, 0.05) is 6.04 Å². The molecule has 1 fully saturated rings. The van der Waals surface area contributed by atoms with Crippen LogP contribution in [-0.4, -0.2) is 32.9 Å². The Labute approximate surface area is 112 Å². The summed E-state index contributed by atoms with van der Waals surface area (Å²) in [4.78, 5) is 16.0. The Morgan fingerprint density at radius 2 is 2.28 bits per heavy atom. The van der Waals surface area contributed by atoms with Crippen LogP contribution in [0.25, 0.3) is 0 Å². The molecule has 1 saturated carbocycles. The molecule has 1 aliphatic carbocycles. The Balaban J connectivity index is 1.74. The number of carbonyl (C=O) groups excluding carboxylic acids is 1. The number of H-pyrrole nitrogens is 1. The van der Waals surface area contributed by atoms with Crippen molar-refractivity contribution in [1.82, 2.24) is 20.5 Å². The van der Waals surface area contributed by atoms with Crippen LogP contribution in [0, 0.1) is 12.8 Å². The maximum Gasteiger partial charge on any atom is 0.230 e. The topological polar surface area (TPSA) is 70.7 Å². The molecule has 0 bridgehead atoms. The van der Waals surface area contributed by atoms with E-state index in [4.69, 9.17) is 0 Å². The molecule has 0 radical (unpaired) electrons. The van der Waals surface area contributed by atoms with Crippen molar-refractivity contribution < 1.29 is 4.79 Å². The maximum absolute atomic E-state index is 11.8. The van der Waals surface area contributed by atoms with Gasteiger partial charge in [0.05, 0.1) is 5.75 Å². The summed E-state index contributed by atoms with van der Waals surface area (Å²) in [6, 6.07) is 0.348. The Bertz CT molecular complexity index is 407. The van der Waals surface area contributed by atoms with Gasteiger partial charge in [-0.1, -0.05) is 31.5 Å². The van der Waals surface area contributed by atoms with E-state index in [1.807, 2.05) is 6.92 Å². The molecule has 6 heteroatoms. The van der Waals surface area contributed by atoms with E-state index in [2.05, 4.69) is 27.4 Å². The first-order chi connectivity index (χ1) is 8.65. The number of carbonyl (C=O) groups is 1. The molecular weight excluding hydrogens is 248 g/mol. The molecule has 2 rings (SSSR count). The summed E-state index contributed by atoms with van der Waals surface area (Å²) in [5.41, 5.74) is 0. The van der Waals surface area contributed by atoms with Gasteiger partial charge in [0.1, 0.15) is 5.82 Å². The van der Waals surface area contributed by atoms with Crippen molar-refractivity contribution in [3.8, 4) is 0 Å². The zero-order chi connectivity index (χ0) is 13.0. The molecule has 0 aromatic carbocycles. The number of amides is 1. The van der Waals surface area contributed by atoms with Gasteiger partial charge in [-0.15, -0.1) is 5.10 Å². The van der Waals surface area contributed by atoms with Crippen LogP contribution in [0.5, 0.6) is 0 Å². The lowest BCUT2D eigenvalue weighted by molar-refractivity contribution is -0.119. The first-order valence-corrected chi connectivity index (χ1v) is 7.45. The Hall–Kier alpha value is -1.04. The zero-order valence-electron chi connectivity index (χ0n) is 10.9. The number of hydrogen-bond acceptors (Lipinski definition) is 4. The molecule has 0 spiro atoms. The number of nitrogens with zero attached hydrogens (tertiary/aromatic N) is 2. The lowest BCUT2D eigenvalue weighted by atomic mass is 9.86. The van der Waals surface area contributed by atoms with Gasteiger partial charge in [-0.25, -0.2) is 4.98 Å². The molecule has 1 aromatic rings. The minimum absolute atomic E-state index is 0.0844. The van der Waals surface area contributed by atoms with Gasteiger partial charge in [-0.2, -0.15) is 0 Å². The van der Waals surface area contributed by atoms with E-state index in [1.165, 1.54) is 31.0 Å². The zero-order valence-corrected chi connectivity index (χ0v) is 11.7. The minimum atomic E-state index is 0.0844. The van der Waals surface area contributed by atoms with Gasteiger partial charge in [0.25, 0.3) is 0 Å². The summed E-state index contributed by atoms with van der Waals surface area (Å²) in [7, 11) is 0. The smallest absolute Gasteiger partial charge is 0.230 e. The minimum Gasteiger partial charge on any atom is -0.352 e. The predicted molar refractivity (Wildman–Crippen MR) is 71.4 cm³/mol. The van der Waals surface area contributed by atoms with E-state index in [0.717, 1.165) is 12.2 Å². The highest BCUT2D eigenvalue weighted by Crippen LogP contribution is 2.23. The van der Waals surface area contributed by atoms with Gasteiger partial charge in [0.15, 0.2) is 0 Å². The van der Waals surface area contributed by atoms with Crippen LogP contribution in [-0.2, 0) is 4.79 Å². The third-order valence-electron chi connectivity index (χ3n) is 3.37. The van der Waals surface area contributed by atoms with E-state index in [1.54, 1.807) is 0 Å². The molecule has 0 saturated heterocycles. The Kier molecular flexibility index (Phi) is 4.63. The molecule has 5 nitrogen and oxygen atoms in total. The average molecular weight is 268 g/mol. The number of thioether (sulfide) groups is 1. The molecule has 2 N–H and O–H groups in total. The molecule has 0 aliphatic heterocycles. The van der Waals surface area contributed by atoms with Crippen LogP contribution < -0.4 is 5.32 Å². The molecule has 100 valence electrons. The van der Waals surface area contributed by atoms with Crippen LogP contribution >= 0.6 is 11.8 Å². The van der Waals surface area contributed by atoms with Crippen LogP contribution in [0.15, 0.2) is 5.16 Å². The van der Waals surface area contributed by atoms with Gasteiger partial charge in [-0.3, -0.25) is 9.89 Å². The molecular formula is C12H20N4OS. The monoisotopic (exact) mass is 268 g/mol. The first-order valence-electron chi connectivity index (χ1n) is 6.46. The molecule has 1 aromatic heterocycles. The highest BCUT2D eigenvalue weighted by atomic mass is 32.2. The summed E-state index contributed by atoms with van der Waals surface area (Å²) < 4.78 is 0. The molecule has 1 amide bonds. The number of aryl methyl sites for hydroxylation is 1. The average Bonchev–Trinajstić information content (AvgIpc) is 2.76. The summed E-state index contributed by atoms with van der Waals surface area (Å²) >= 11 is 1.37. The molecule has 2 atom stereocenters. The Morgan fingerprint density at radius 3 is 2.94 bits per heavy atom. The number of rotatable bonds is 4. The fourth-order valence-electron chi connectivity index (χ4n) is 2.30. The van der Waals surface area contributed by atoms with Crippen molar-refractivity contribution in [2.45, 2.75) is 50.7 Å². The fourth-order valence-corrected chi connectivity index (χ4v) is 2.95. The fraction of sp³-hybridized carbons (Fsp3) is 0.750. The van der Waals surface area contributed by atoms with Gasteiger partial charge < -0.3 is 5.32 Å². The number of nitrogens with one attached hydrogen (secondary N) is 2. The van der Waals surface area contributed by atoms with E-state index in [0.29, 0.717) is 22.9 Å². The van der Waals surface area contributed by atoms with Crippen LogP contribution in [0.2, 0.25) is 0 Å². The van der Waals surface area contributed by atoms with Gasteiger partial charge in [0.2, 0.25) is 11.1 Å². The second-order valence-electron chi connectivity index (χ2n) is 4.93. The van der Waals surface area contributed by atoms with Crippen LogP contribution in [0.4, 0.5) is 0 Å². The van der Waals surface area contributed by atoms with E-state index in [9.17, 15) is 4.79 Å². The van der Waals surface area contributed by atoms with Crippen molar-refractivity contribution in [2.24, 2.45) is 5.92 Å². The quantitative estimate of drug-likeness (QED) is 0.818. The number of aromatic amines is 1. The van der Waals surface area contributed by atoms with E-state index < -0.39 is 0 Å². The van der Waals surface area contributed by atoms with Gasteiger partial charge in [-0.05, 0) is 25.7 Å². The summed E-state index contributed by atoms with van der Waals surface area (Å²) in [6.07, 6.45) is 4.84. The summed E-state index contributed by atoms with van der Waals surface area (Å²) in [5.74, 6) is 1.85. The van der Waals surface area contributed by atoms with Crippen molar-refractivity contribution in [2.75, 3.05) is 5.75 Å². The highest BCUT2D eigenvalue weighted by molar-refractivity contribution is 7.99. The van der Waals surface area contributed by atoms with Crippen molar-refractivity contribution in [3.05, 3.63) is 5.82 Å². The number of aromatic nitrogens is 3. The molecule has 1 heterocycles. The largest absolute Gasteiger partial charge is 0.352 e. The second kappa shape index (κ2) is 6.22. The van der Waals surface area contributed by atoms with E-state index >= 15 is 0 Å².